The number of hydrogen-bond donors (Lipinski definition) is 3. The second-order valence-electron chi connectivity index (χ2n) is 6.71. The molecule has 0 fully saturated rings. The lowest BCUT2D eigenvalue weighted by atomic mass is 9.86. The van der Waals surface area contributed by atoms with Gasteiger partial charge in [-0.25, -0.2) is 4.79 Å². The molecule has 0 aromatic heterocycles. The van der Waals surface area contributed by atoms with E-state index in [4.69, 9.17) is 10.8 Å². The Bertz CT molecular complexity index is 1070. The first-order valence-electron chi connectivity index (χ1n) is 8.78. The van der Waals surface area contributed by atoms with Crippen molar-refractivity contribution in [2.45, 2.75) is 12.8 Å². The molecule has 0 heterocycles. The van der Waals surface area contributed by atoms with E-state index in [1.165, 1.54) is 6.07 Å². The van der Waals surface area contributed by atoms with Gasteiger partial charge in [-0.3, -0.25) is 0 Å². The van der Waals surface area contributed by atoms with Gasteiger partial charge < -0.3 is 15.9 Å². The second-order valence-corrected chi connectivity index (χ2v) is 6.71. The molecule has 0 aliphatic heterocycles. The number of phenols is 1. The monoisotopic (exact) mass is 357 g/mol. The number of rotatable bonds is 3. The van der Waals surface area contributed by atoms with Gasteiger partial charge in [-0.1, -0.05) is 48.5 Å². The lowest BCUT2D eigenvalue weighted by molar-refractivity contribution is 0.0693. The smallest absolute Gasteiger partial charge is 0.339 e. The van der Waals surface area contributed by atoms with Crippen molar-refractivity contribution in [3.63, 3.8) is 0 Å². The number of carboxylic acid groups (broad SMARTS) is 1. The molecule has 134 valence electrons. The van der Waals surface area contributed by atoms with Crippen LogP contribution in [0.25, 0.3) is 22.8 Å². The molecule has 0 atom stereocenters. The number of nitrogen functional groups attached to an aromatic ring is 1. The van der Waals surface area contributed by atoms with E-state index >= 15 is 0 Å². The highest BCUT2D eigenvalue weighted by Gasteiger charge is 2.18. The highest BCUT2D eigenvalue weighted by Crippen LogP contribution is 2.37. The third kappa shape index (κ3) is 3.17. The van der Waals surface area contributed by atoms with Crippen LogP contribution in [0.1, 0.15) is 33.5 Å². The molecular weight excluding hydrogens is 338 g/mol. The van der Waals surface area contributed by atoms with E-state index < -0.39 is 5.97 Å². The summed E-state index contributed by atoms with van der Waals surface area (Å²) in [6.07, 6.45) is 3.46. The number of fused-ring (bicyclic) bond motifs is 1. The molecule has 1 aliphatic rings. The molecule has 3 aromatic carbocycles. The predicted octanol–water partition coefficient (Wildman–Crippen LogP) is 4.83. The molecule has 4 nitrogen and oxygen atoms in total. The summed E-state index contributed by atoms with van der Waals surface area (Å²) in [6.45, 7) is 0. The molecule has 0 spiro atoms. The van der Waals surface area contributed by atoms with E-state index in [1.54, 1.807) is 6.07 Å². The van der Waals surface area contributed by atoms with Crippen LogP contribution in [0, 0.1) is 0 Å². The molecule has 0 radical (unpaired) electrons. The van der Waals surface area contributed by atoms with Crippen molar-refractivity contribution in [1.82, 2.24) is 0 Å². The maximum Gasteiger partial charge on any atom is 0.339 e. The fourth-order valence-electron chi connectivity index (χ4n) is 3.58. The molecular formula is C23H19NO3. The molecule has 27 heavy (non-hydrogen) atoms. The van der Waals surface area contributed by atoms with Crippen LogP contribution in [0.3, 0.4) is 0 Å². The summed E-state index contributed by atoms with van der Waals surface area (Å²) >= 11 is 0. The highest BCUT2D eigenvalue weighted by atomic mass is 16.4. The maximum atomic E-state index is 11.2. The normalized spacial score (nSPS) is 13.0. The molecule has 0 amide bonds. The molecule has 4 N–H and O–H groups in total. The van der Waals surface area contributed by atoms with Gasteiger partial charge in [0.1, 0.15) is 11.3 Å². The number of allylic oxidation sites excluding steroid dienone is 1. The van der Waals surface area contributed by atoms with Crippen LogP contribution in [-0.2, 0) is 6.42 Å². The Labute approximate surface area is 157 Å². The summed E-state index contributed by atoms with van der Waals surface area (Å²) in [5.74, 6) is -1.34. The predicted molar refractivity (Wildman–Crippen MR) is 108 cm³/mol. The van der Waals surface area contributed by atoms with E-state index in [0.717, 1.165) is 39.8 Å². The van der Waals surface area contributed by atoms with Gasteiger partial charge >= 0.3 is 5.97 Å². The van der Waals surface area contributed by atoms with Gasteiger partial charge in [0.15, 0.2) is 0 Å². The molecule has 0 bridgehead atoms. The number of nitrogens with two attached hydrogens (primary N) is 1. The Morgan fingerprint density at radius 1 is 0.926 bits per heavy atom. The number of carboxylic acids is 1. The molecule has 0 unspecified atom stereocenters. The number of aromatic hydroxyl groups is 1. The van der Waals surface area contributed by atoms with Gasteiger partial charge in [-0.2, -0.15) is 0 Å². The van der Waals surface area contributed by atoms with Crippen LogP contribution in [0.5, 0.6) is 5.75 Å². The number of aryl methyl sites for hydroxylation is 1. The first-order valence-corrected chi connectivity index (χ1v) is 8.78. The van der Waals surface area contributed by atoms with Gasteiger partial charge in [-0.05, 0) is 58.9 Å². The summed E-state index contributed by atoms with van der Waals surface area (Å²) in [5.41, 5.74) is 13.0. The van der Waals surface area contributed by atoms with Crippen LogP contribution in [0.15, 0.2) is 60.7 Å². The van der Waals surface area contributed by atoms with Crippen molar-refractivity contribution in [2.24, 2.45) is 0 Å². The lowest BCUT2D eigenvalue weighted by Gasteiger charge is -2.19. The minimum Gasteiger partial charge on any atom is -0.507 e. The second kappa shape index (κ2) is 6.65. The summed E-state index contributed by atoms with van der Waals surface area (Å²) in [5, 5.41) is 19.1. The molecule has 4 heteroatoms. The summed E-state index contributed by atoms with van der Waals surface area (Å²) in [7, 11) is 0. The molecule has 3 aromatic rings. The first kappa shape index (κ1) is 16.9. The number of anilines is 1. The Balaban J connectivity index is 1.72. The van der Waals surface area contributed by atoms with Crippen LogP contribution < -0.4 is 5.73 Å². The first-order chi connectivity index (χ1) is 13.0. The summed E-state index contributed by atoms with van der Waals surface area (Å²) < 4.78 is 0. The summed E-state index contributed by atoms with van der Waals surface area (Å²) in [4.78, 5) is 11.2. The van der Waals surface area contributed by atoms with Crippen LogP contribution >= 0.6 is 0 Å². The fraction of sp³-hybridized carbons (Fsp3) is 0.0870. The number of carbonyl (C=O) groups is 1. The third-order valence-electron chi connectivity index (χ3n) is 4.99. The van der Waals surface area contributed by atoms with Gasteiger partial charge in [0, 0.05) is 11.3 Å². The van der Waals surface area contributed by atoms with Crippen molar-refractivity contribution < 1.29 is 15.0 Å². The Kier molecular flexibility index (Phi) is 4.16. The average molecular weight is 357 g/mol. The lowest BCUT2D eigenvalue weighted by Crippen LogP contribution is -2.05. The van der Waals surface area contributed by atoms with Crippen LogP contribution in [0.2, 0.25) is 0 Å². The minimum atomic E-state index is -1.12. The van der Waals surface area contributed by atoms with Gasteiger partial charge in [0.2, 0.25) is 0 Å². The maximum absolute atomic E-state index is 11.2. The minimum absolute atomic E-state index is 0.0580. The topological polar surface area (TPSA) is 83.5 Å². The van der Waals surface area contributed by atoms with Crippen molar-refractivity contribution in [3.8, 4) is 16.9 Å². The van der Waals surface area contributed by atoms with Gasteiger partial charge in [0.05, 0.1) is 0 Å². The molecule has 4 rings (SSSR count). The van der Waals surface area contributed by atoms with Gasteiger partial charge in [-0.15, -0.1) is 0 Å². The average Bonchev–Trinajstić information content (AvgIpc) is 2.67. The standard InChI is InChI=1S/C23H19NO3/c24-21-12-16(14-4-2-1-3-5-14)8-9-19(21)17-7-6-15-11-20(23(26)27)22(25)13-18(15)10-17/h1-5,8-13,25H,6-7,24H2,(H,26,27). The largest absolute Gasteiger partial charge is 0.507 e. The van der Waals surface area contributed by atoms with Crippen LogP contribution in [-0.4, -0.2) is 16.2 Å². The zero-order valence-electron chi connectivity index (χ0n) is 14.6. The number of hydrogen-bond acceptors (Lipinski definition) is 3. The Morgan fingerprint density at radius 3 is 2.41 bits per heavy atom. The van der Waals surface area contributed by atoms with Crippen molar-refractivity contribution in [3.05, 3.63) is 82.9 Å². The Hall–Kier alpha value is -3.53. The van der Waals surface area contributed by atoms with E-state index in [1.807, 2.05) is 48.5 Å². The Morgan fingerprint density at radius 2 is 1.70 bits per heavy atom. The molecule has 1 aliphatic carbocycles. The summed E-state index contributed by atoms with van der Waals surface area (Å²) in [6, 6.07) is 19.2. The SMILES string of the molecule is Nc1cc(-c2ccccc2)ccc1C1=Cc2cc(O)c(C(=O)O)cc2CC1. The third-order valence-corrected chi connectivity index (χ3v) is 4.99. The zero-order chi connectivity index (χ0) is 19.0. The van der Waals surface area contributed by atoms with E-state index in [2.05, 4.69) is 6.07 Å². The zero-order valence-corrected chi connectivity index (χ0v) is 14.6. The molecule has 0 saturated carbocycles. The van der Waals surface area contributed by atoms with E-state index in [-0.39, 0.29) is 11.3 Å². The quantitative estimate of drug-likeness (QED) is 0.587. The van der Waals surface area contributed by atoms with E-state index in [0.29, 0.717) is 12.1 Å². The van der Waals surface area contributed by atoms with Crippen molar-refractivity contribution in [2.75, 3.05) is 5.73 Å². The number of aromatic carboxylic acids is 1. The van der Waals surface area contributed by atoms with E-state index in [9.17, 15) is 9.90 Å². The van der Waals surface area contributed by atoms with Crippen molar-refractivity contribution in [1.29, 1.82) is 0 Å². The van der Waals surface area contributed by atoms with Crippen LogP contribution in [0.4, 0.5) is 5.69 Å². The van der Waals surface area contributed by atoms with Gasteiger partial charge in [0.25, 0.3) is 0 Å². The highest BCUT2D eigenvalue weighted by molar-refractivity contribution is 5.94. The fourth-order valence-corrected chi connectivity index (χ4v) is 3.58. The number of benzene rings is 3. The molecule has 0 saturated heterocycles. The van der Waals surface area contributed by atoms with Crippen molar-refractivity contribution >= 4 is 23.3 Å².